The van der Waals surface area contributed by atoms with Crippen molar-refractivity contribution in [3.63, 3.8) is 0 Å². The van der Waals surface area contributed by atoms with Crippen molar-refractivity contribution in [3.05, 3.63) is 0 Å². The zero-order chi connectivity index (χ0) is 13.2. The molecule has 5 heteroatoms. The van der Waals surface area contributed by atoms with Crippen LogP contribution in [-0.4, -0.2) is 12.0 Å². The number of alkyl halides is 3. The first-order valence-electron chi connectivity index (χ1n) is 5.22. The molecule has 16 heavy (non-hydrogen) atoms. The highest BCUT2D eigenvalue weighted by Crippen LogP contribution is 2.28. The fourth-order valence-corrected chi connectivity index (χ4v) is 1.11. The topological polar surface area (TPSA) is 24.4 Å². The first-order valence-corrected chi connectivity index (χ1v) is 5.22. The van der Waals surface area contributed by atoms with E-state index in [1.54, 1.807) is 0 Å². The van der Waals surface area contributed by atoms with Crippen LogP contribution in [0.2, 0.25) is 0 Å². The number of hydrogen-bond donors (Lipinski definition) is 1. The molecule has 0 saturated heterocycles. The normalized spacial score (nSPS) is 15.2. The molecule has 0 spiro atoms. The van der Waals surface area contributed by atoms with Crippen LogP contribution >= 0.6 is 0 Å². The van der Waals surface area contributed by atoms with Crippen LogP contribution in [0.1, 0.15) is 48.0 Å². The zero-order valence-corrected chi connectivity index (χ0v) is 10.8. The van der Waals surface area contributed by atoms with Gasteiger partial charge in [0.1, 0.15) is 0 Å². The lowest BCUT2D eigenvalue weighted by atomic mass is 9.79. The molecule has 0 aliphatic heterocycles. The second-order valence-corrected chi connectivity index (χ2v) is 6.16. The lowest BCUT2D eigenvalue weighted by Crippen LogP contribution is -2.33. The molecule has 0 aromatic rings. The molecule has 96 valence electrons. The fraction of sp³-hybridized carbons (Fsp3) is 0.909. The third-order valence-corrected chi connectivity index (χ3v) is 1.88. The Morgan fingerprint density at radius 1 is 1.00 bits per heavy atom. The molecular weight excluding hydrogens is 217 g/mol. The quantitative estimate of drug-likeness (QED) is 0.440. The van der Waals surface area contributed by atoms with Gasteiger partial charge in [-0.3, -0.25) is 0 Å². The first kappa shape index (κ1) is 15.3. The number of halogens is 3. The maximum absolute atomic E-state index is 12.0. The fourth-order valence-electron chi connectivity index (χ4n) is 1.11. The smallest absolute Gasteiger partial charge is 0.218 e. The summed E-state index contributed by atoms with van der Waals surface area (Å²) < 4.78 is 36.1. The number of nitrogens with one attached hydrogen (secondary N) is 1. The van der Waals surface area contributed by atoms with Gasteiger partial charge in [-0.2, -0.15) is 5.10 Å². The van der Waals surface area contributed by atoms with Crippen LogP contribution in [0.3, 0.4) is 0 Å². The van der Waals surface area contributed by atoms with Gasteiger partial charge in [0.15, 0.2) is 0 Å². The second kappa shape index (κ2) is 4.63. The summed E-state index contributed by atoms with van der Waals surface area (Å²) in [4.78, 5) is 0. The van der Waals surface area contributed by atoms with Gasteiger partial charge in [0, 0.05) is 11.1 Å². The van der Waals surface area contributed by atoms with Gasteiger partial charge in [-0.05, 0) is 11.8 Å². The molecule has 0 amide bonds. The SMILES string of the molecule is CC(C)(C)C/C(=N/NC(F)(F)F)C(C)(C)C. The maximum Gasteiger partial charge on any atom is 0.497 e. The van der Waals surface area contributed by atoms with Crippen molar-refractivity contribution in [2.45, 2.75) is 54.3 Å². The predicted octanol–water partition coefficient (Wildman–Crippen LogP) is 3.93. The number of nitrogens with zero attached hydrogens (tertiary/aromatic N) is 1. The average Bonchev–Trinajstić information content (AvgIpc) is 1.91. The summed E-state index contributed by atoms with van der Waals surface area (Å²) in [6.45, 7) is 11.5. The highest BCUT2D eigenvalue weighted by atomic mass is 19.4. The van der Waals surface area contributed by atoms with Gasteiger partial charge in [0.25, 0.3) is 0 Å². The van der Waals surface area contributed by atoms with Crippen molar-refractivity contribution < 1.29 is 13.2 Å². The highest BCUT2D eigenvalue weighted by Gasteiger charge is 2.29. The Morgan fingerprint density at radius 3 is 1.69 bits per heavy atom. The van der Waals surface area contributed by atoms with Crippen molar-refractivity contribution in [3.8, 4) is 0 Å². The predicted molar refractivity (Wildman–Crippen MR) is 60.2 cm³/mol. The number of rotatable bonds is 2. The minimum absolute atomic E-state index is 0.0839. The van der Waals surface area contributed by atoms with Crippen LogP contribution < -0.4 is 5.43 Å². The Hall–Kier alpha value is -0.740. The van der Waals surface area contributed by atoms with E-state index in [2.05, 4.69) is 5.10 Å². The molecule has 1 N–H and O–H groups in total. The Morgan fingerprint density at radius 2 is 1.44 bits per heavy atom. The molecule has 0 radical (unpaired) electrons. The molecule has 0 rings (SSSR count). The van der Waals surface area contributed by atoms with Crippen molar-refractivity contribution in [2.75, 3.05) is 0 Å². The molecule has 0 aliphatic rings. The molecule has 0 unspecified atom stereocenters. The summed E-state index contributed by atoms with van der Waals surface area (Å²) in [6, 6.07) is 0. The third-order valence-electron chi connectivity index (χ3n) is 1.88. The van der Waals surface area contributed by atoms with Crippen LogP contribution in [0, 0.1) is 10.8 Å². The first-order chi connectivity index (χ1) is 6.81. The van der Waals surface area contributed by atoms with Crippen molar-refractivity contribution in [2.24, 2.45) is 15.9 Å². The Kier molecular flexibility index (Phi) is 4.42. The van der Waals surface area contributed by atoms with E-state index in [0.717, 1.165) is 0 Å². The van der Waals surface area contributed by atoms with Gasteiger partial charge in [-0.25, -0.2) is 5.43 Å². The van der Waals surface area contributed by atoms with Gasteiger partial charge in [0.05, 0.1) is 0 Å². The standard InChI is InChI=1S/C11H21F3N2/c1-9(2,3)7-8(10(4,5)6)15-16-11(12,13)14/h16H,7H2,1-6H3/b15-8-. The Bertz CT molecular complexity index is 254. The molecule has 0 aliphatic carbocycles. The molecule has 0 bridgehead atoms. The highest BCUT2D eigenvalue weighted by molar-refractivity contribution is 5.89. The molecule has 0 fully saturated rings. The number of hydrazone groups is 1. The van der Waals surface area contributed by atoms with E-state index in [4.69, 9.17) is 0 Å². The molecule has 0 saturated carbocycles. The lowest BCUT2D eigenvalue weighted by molar-refractivity contribution is -0.156. The Balaban J connectivity index is 4.84. The van der Waals surface area contributed by atoms with Gasteiger partial charge < -0.3 is 0 Å². The summed E-state index contributed by atoms with van der Waals surface area (Å²) in [6.07, 6.45) is -3.94. The van der Waals surface area contributed by atoms with Gasteiger partial charge in [-0.15, -0.1) is 13.2 Å². The average molecular weight is 238 g/mol. The van der Waals surface area contributed by atoms with Crippen LogP contribution in [0.25, 0.3) is 0 Å². The maximum atomic E-state index is 12.0. The largest absolute Gasteiger partial charge is 0.497 e. The van der Waals surface area contributed by atoms with E-state index >= 15 is 0 Å². The van der Waals surface area contributed by atoms with E-state index in [-0.39, 0.29) is 10.8 Å². The number of hydrogen-bond acceptors (Lipinski definition) is 2. The third kappa shape index (κ3) is 7.54. The van der Waals surface area contributed by atoms with Crippen LogP contribution in [0.4, 0.5) is 13.2 Å². The minimum atomic E-state index is -4.46. The van der Waals surface area contributed by atoms with Gasteiger partial charge in [-0.1, -0.05) is 41.5 Å². The summed E-state index contributed by atoms with van der Waals surface area (Å²) in [5.74, 6) is 0. The van der Waals surface area contributed by atoms with Gasteiger partial charge >= 0.3 is 6.30 Å². The van der Waals surface area contributed by atoms with Crippen molar-refractivity contribution >= 4 is 5.71 Å². The van der Waals surface area contributed by atoms with Crippen molar-refractivity contribution in [1.29, 1.82) is 0 Å². The van der Waals surface area contributed by atoms with E-state index in [1.165, 1.54) is 5.43 Å². The molecule has 0 atom stereocenters. The van der Waals surface area contributed by atoms with Crippen LogP contribution in [0.15, 0.2) is 5.10 Å². The molecule has 0 aromatic carbocycles. The summed E-state index contributed by atoms with van der Waals surface area (Å²) in [5.41, 5.74) is 1.31. The van der Waals surface area contributed by atoms with E-state index in [9.17, 15) is 13.2 Å². The van der Waals surface area contributed by atoms with E-state index in [0.29, 0.717) is 12.1 Å². The minimum Gasteiger partial charge on any atom is -0.218 e. The Labute approximate surface area is 95.3 Å². The summed E-state index contributed by atoms with van der Waals surface area (Å²) in [7, 11) is 0. The van der Waals surface area contributed by atoms with Crippen molar-refractivity contribution in [1.82, 2.24) is 5.43 Å². The van der Waals surface area contributed by atoms with E-state index < -0.39 is 6.30 Å². The summed E-state index contributed by atoms with van der Waals surface area (Å²) in [5, 5.41) is 3.49. The van der Waals surface area contributed by atoms with Gasteiger partial charge in [0.2, 0.25) is 0 Å². The van der Waals surface area contributed by atoms with Crippen LogP contribution in [-0.2, 0) is 0 Å². The summed E-state index contributed by atoms with van der Waals surface area (Å²) >= 11 is 0. The second-order valence-electron chi connectivity index (χ2n) is 6.16. The monoisotopic (exact) mass is 238 g/mol. The van der Waals surface area contributed by atoms with E-state index in [1.807, 2.05) is 41.5 Å². The van der Waals surface area contributed by atoms with Crippen LogP contribution in [0.5, 0.6) is 0 Å². The molecule has 0 aromatic heterocycles. The molecule has 0 heterocycles. The zero-order valence-electron chi connectivity index (χ0n) is 10.8. The molecular formula is C11H21F3N2. The molecule has 2 nitrogen and oxygen atoms in total. The lowest BCUT2D eigenvalue weighted by Gasteiger charge is -2.28.